The Labute approximate surface area is 77.5 Å². The lowest BCUT2D eigenvalue weighted by atomic mass is 10.1. The van der Waals surface area contributed by atoms with Crippen molar-refractivity contribution in [3.8, 4) is 0 Å². The Kier molecular flexibility index (Phi) is 3.88. The largest absolute Gasteiger partial charge is 0.368 e. The van der Waals surface area contributed by atoms with E-state index in [2.05, 4.69) is 5.32 Å². The molecule has 1 aliphatic rings. The highest BCUT2D eigenvalue weighted by Crippen LogP contribution is 2.17. The molecule has 2 atom stereocenters. The predicted molar refractivity (Wildman–Crippen MR) is 52.1 cm³/mol. The van der Waals surface area contributed by atoms with Crippen LogP contribution in [-0.4, -0.2) is 29.5 Å². The van der Waals surface area contributed by atoms with Crippen LogP contribution in [0.2, 0.25) is 0 Å². The molecule has 1 rings (SSSR count). The zero-order valence-electron chi connectivity index (χ0n) is 7.38. The van der Waals surface area contributed by atoms with Crippen molar-refractivity contribution in [1.29, 1.82) is 0 Å². The van der Waals surface area contributed by atoms with Crippen molar-refractivity contribution in [2.24, 2.45) is 5.73 Å². The number of carbonyl (C=O) groups is 1. The van der Waals surface area contributed by atoms with Gasteiger partial charge in [-0.2, -0.15) is 11.8 Å². The van der Waals surface area contributed by atoms with E-state index in [1.54, 1.807) is 0 Å². The second-order valence-electron chi connectivity index (χ2n) is 3.09. The summed E-state index contributed by atoms with van der Waals surface area (Å²) in [6.45, 7) is 1.98. The normalized spacial score (nSPS) is 25.6. The Morgan fingerprint density at radius 3 is 3.00 bits per heavy atom. The summed E-state index contributed by atoms with van der Waals surface area (Å²) in [5.41, 5.74) is 5.22. The Morgan fingerprint density at radius 2 is 2.58 bits per heavy atom. The zero-order chi connectivity index (χ0) is 8.97. The van der Waals surface area contributed by atoms with Gasteiger partial charge in [-0.25, -0.2) is 0 Å². The predicted octanol–water partition coefficient (Wildman–Crippen LogP) is 0.345. The van der Waals surface area contributed by atoms with E-state index >= 15 is 0 Å². The third kappa shape index (κ3) is 2.68. The second-order valence-corrected chi connectivity index (χ2v) is 4.24. The van der Waals surface area contributed by atoms with E-state index in [0.717, 1.165) is 18.6 Å². The summed E-state index contributed by atoms with van der Waals surface area (Å²) in [5.74, 6) is 2.09. The average Bonchev–Trinajstić information content (AvgIpc) is 2.51. The van der Waals surface area contributed by atoms with Crippen molar-refractivity contribution in [3.05, 3.63) is 0 Å². The fourth-order valence-corrected chi connectivity index (χ4v) is 2.52. The van der Waals surface area contributed by atoms with Crippen molar-refractivity contribution < 1.29 is 4.79 Å². The quantitative estimate of drug-likeness (QED) is 0.669. The summed E-state index contributed by atoms with van der Waals surface area (Å²) in [6, 6.07) is 0.362. The summed E-state index contributed by atoms with van der Waals surface area (Å²) < 4.78 is 0. The molecule has 1 heterocycles. The van der Waals surface area contributed by atoms with E-state index in [1.807, 2.05) is 18.7 Å². The van der Waals surface area contributed by atoms with Gasteiger partial charge in [0.15, 0.2) is 0 Å². The number of amides is 1. The Hall–Kier alpha value is -0.220. The number of primary amides is 1. The van der Waals surface area contributed by atoms with Crippen LogP contribution in [0.15, 0.2) is 0 Å². The topological polar surface area (TPSA) is 55.1 Å². The van der Waals surface area contributed by atoms with Crippen LogP contribution in [0.1, 0.15) is 19.8 Å². The highest BCUT2D eigenvalue weighted by atomic mass is 32.2. The Morgan fingerprint density at radius 1 is 1.83 bits per heavy atom. The van der Waals surface area contributed by atoms with E-state index in [4.69, 9.17) is 5.73 Å². The van der Waals surface area contributed by atoms with Crippen LogP contribution >= 0.6 is 11.8 Å². The van der Waals surface area contributed by atoms with Gasteiger partial charge in [0.25, 0.3) is 0 Å². The monoisotopic (exact) mass is 188 g/mol. The van der Waals surface area contributed by atoms with Gasteiger partial charge in [-0.15, -0.1) is 0 Å². The van der Waals surface area contributed by atoms with Crippen LogP contribution in [-0.2, 0) is 4.79 Å². The molecule has 0 aromatic rings. The number of nitrogens with one attached hydrogen (secondary N) is 1. The Balaban J connectivity index is 2.30. The zero-order valence-corrected chi connectivity index (χ0v) is 8.19. The van der Waals surface area contributed by atoms with Gasteiger partial charge >= 0.3 is 0 Å². The second kappa shape index (κ2) is 4.72. The Bertz CT molecular complexity index is 157. The van der Waals surface area contributed by atoms with Crippen LogP contribution in [0.25, 0.3) is 0 Å². The minimum atomic E-state index is -0.227. The molecule has 70 valence electrons. The van der Waals surface area contributed by atoms with E-state index in [9.17, 15) is 4.79 Å². The van der Waals surface area contributed by atoms with E-state index in [0.29, 0.717) is 6.04 Å². The molecule has 1 fully saturated rings. The first-order valence-corrected chi connectivity index (χ1v) is 5.52. The molecule has 0 radical (unpaired) electrons. The van der Waals surface area contributed by atoms with Crippen molar-refractivity contribution >= 4 is 17.7 Å². The molecule has 0 saturated carbocycles. The smallest absolute Gasteiger partial charge is 0.234 e. The molecule has 0 spiro atoms. The van der Waals surface area contributed by atoms with Gasteiger partial charge < -0.3 is 11.1 Å². The third-order valence-electron chi connectivity index (χ3n) is 2.12. The molecule has 0 bridgehead atoms. The van der Waals surface area contributed by atoms with Crippen molar-refractivity contribution in [3.63, 3.8) is 0 Å². The number of carbonyl (C=O) groups excluding carboxylic acids is 1. The highest BCUT2D eigenvalue weighted by Gasteiger charge is 2.20. The molecular weight excluding hydrogens is 172 g/mol. The first kappa shape index (κ1) is 9.86. The number of rotatable bonds is 4. The van der Waals surface area contributed by atoms with E-state index in [-0.39, 0.29) is 11.9 Å². The van der Waals surface area contributed by atoms with Crippen molar-refractivity contribution in [1.82, 2.24) is 5.32 Å². The van der Waals surface area contributed by atoms with Gasteiger partial charge in [0.1, 0.15) is 0 Å². The molecule has 1 saturated heterocycles. The summed E-state index contributed by atoms with van der Waals surface area (Å²) in [7, 11) is 0. The molecule has 3 nitrogen and oxygen atoms in total. The molecule has 4 heteroatoms. The number of hydrogen-bond donors (Lipinski definition) is 2. The molecule has 2 unspecified atom stereocenters. The fraction of sp³-hybridized carbons (Fsp3) is 0.875. The molecule has 1 amide bonds. The lowest BCUT2D eigenvalue weighted by Gasteiger charge is -2.17. The maximum absolute atomic E-state index is 10.9. The number of hydrogen-bond acceptors (Lipinski definition) is 3. The summed E-state index contributed by atoms with van der Waals surface area (Å²) in [5, 5.41) is 3.27. The van der Waals surface area contributed by atoms with E-state index in [1.165, 1.54) is 5.75 Å². The average molecular weight is 188 g/mol. The van der Waals surface area contributed by atoms with Gasteiger partial charge in [0.05, 0.1) is 6.04 Å². The molecule has 3 N–H and O–H groups in total. The van der Waals surface area contributed by atoms with Gasteiger partial charge in [0, 0.05) is 11.8 Å². The first-order chi connectivity index (χ1) is 5.74. The summed E-state index contributed by atoms with van der Waals surface area (Å²) in [6.07, 6.45) is 1.95. The molecule has 1 aliphatic heterocycles. The molecule has 0 aromatic carbocycles. The van der Waals surface area contributed by atoms with Crippen LogP contribution in [0.4, 0.5) is 0 Å². The lowest BCUT2D eigenvalue weighted by Crippen LogP contribution is -2.46. The maximum atomic E-state index is 10.9. The van der Waals surface area contributed by atoms with Crippen LogP contribution in [0.3, 0.4) is 0 Å². The molecule has 12 heavy (non-hydrogen) atoms. The van der Waals surface area contributed by atoms with Crippen molar-refractivity contribution in [2.45, 2.75) is 31.8 Å². The molecule has 0 aromatic heterocycles. The minimum Gasteiger partial charge on any atom is -0.368 e. The molecule has 0 aliphatic carbocycles. The highest BCUT2D eigenvalue weighted by molar-refractivity contribution is 7.99. The fourth-order valence-electron chi connectivity index (χ4n) is 1.35. The lowest BCUT2D eigenvalue weighted by molar-refractivity contribution is -0.120. The van der Waals surface area contributed by atoms with Gasteiger partial charge in [-0.05, 0) is 18.6 Å². The molecular formula is C8H16N2OS. The number of nitrogens with two attached hydrogens (primary N) is 1. The first-order valence-electron chi connectivity index (χ1n) is 4.37. The van der Waals surface area contributed by atoms with Crippen LogP contribution in [0.5, 0.6) is 0 Å². The maximum Gasteiger partial charge on any atom is 0.234 e. The summed E-state index contributed by atoms with van der Waals surface area (Å²) >= 11 is 1.93. The van der Waals surface area contributed by atoms with Gasteiger partial charge in [-0.3, -0.25) is 4.79 Å². The van der Waals surface area contributed by atoms with Gasteiger partial charge in [-0.1, -0.05) is 6.92 Å². The minimum absolute atomic E-state index is 0.131. The van der Waals surface area contributed by atoms with Crippen molar-refractivity contribution in [2.75, 3.05) is 11.5 Å². The SMILES string of the molecule is CCC(NC1CCSC1)C(N)=O. The van der Waals surface area contributed by atoms with Crippen LogP contribution in [0, 0.1) is 0 Å². The summed E-state index contributed by atoms with van der Waals surface area (Å²) in [4.78, 5) is 10.9. The van der Waals surface area contributed by atoms with Crippen LogP contribution < -0.4 is 11.1 Å². The number of thioether (sulfide) groups is 1. The third-order valence-corrected chi connectivity index (χ3v) is 3.28. The van der Waals surface area contributed by atoms with E-state index < -0.39 is 0 Å². The standard InChI is InChI=1S/C8H16N2OS/c1-2-7(8(9)11)10-6-3-4-12-5-6/h6-7,10H,2-5H2,1H3,(H2,9,11). The van der Waals surface area contributed by atoms with Gasteiger partial charge in [0.2, 0.25) is 5.91 Å².